The number of benzene rings is 2. The summed E-state index contributed by atoms with van der Waals surface area (Å²) in [6.07, 6.45) is -4.36. The van der Waals surface area contributed by atoms with Crippen LogP contribution in [0.1, 0.15) is 11.1 Å². The van der Waals surface area contributed by atoms with E-state index < -0.39 is 11.7 Å². The number of aryl methyl sites for hydroxylation is 1. The highest BCUT2D eigenvalue weighted by Crippen LogP contribution is 2.40. The van der Waals surface area contributed by atoms with E-state index >= 15 is 0 Å². The average molecular weight is 337 g/mol. The van der Waals surface area contributed by atoms with E-state index in [1.165, 1.54) is 6.07 Å². The normalized spacial score (nSPS) is 11.7. The molecule has 0 heterocycles. The van der Waals surface area contributed by atoms with Crippen molar-refractivity contribution in [2.75, 3.05) is 0 Å². The van der Waals surface area contributed by atoms with Crippen molar-refractivity contribution in [2.45, 2.75) is 22.9 Å². The molecule has 0 atom stereocenters. The molecule has 0 N–H and O–H groups in total. The minimum Gasteiger partial charge on any atom is -0.166 e. The molecule has 6 heteroatoms. The van der Waals surface area contributed by atoms with Gasteiger partial charge in [-0.05, 0) is 42.8 Å². The molecular formula is C14H9Cl2F3S. The van der Waals surface area contributed by atoms with Gasteiger partial charge in [0.05, 0.1) is 15.6 Å². The number of hydrogen-bond donors (Lipinski definition) is 0. The first kappa shape index (κ1) is 15.5. The van der Waals surface area contributed by atoms with Crippen molar-refractivity contribution < 1.29 is 13.2 Å². The quantitative estimate of drug-likeness (QED) is 0.605. The first-order valence-electron chi connectivity index (χ1n) is 5.58. The SMILES string of the molecule is Cc1cc(Cl)c(Sc2cccc(C(F)(F)F)c2)c(Cl)c1. The second-order valence-corrected chi connectivity index (χ2v) is 6.08. The molecule has 20 heavy (non-hydrogen) atoms. The van der Waals surface area contributed by atoms with Gasteiger partial charge in [-0.2, -0.15) is 13.2 Å². The highest BCUT2D eigenvalue weighted by atomic mass is 35.5. The van der Waals surface area contributed by atoms with Crippen LogP contribution in [0.15, 0.2) is 46.2 Å². The molecule has 0 bridgehead atoms. The monoisotopic (exact) mass is 336 g/mol. The largest absolute Gasteiger partial charge is 0.416 e. The van der Waals surface area contributed by atoms with Crippen LogP contribution in [-0.2, 0) is 6.18 Å². The van der Waals surface area contributed by atoms with Crippen molar-refractivity contribution in [3.8, 4) is 0 Å². The Labute approximate surface area is 128 Å². The first-order valence-corrected chi connectivity index (χ1v) is 7.15. The summed E-state index contributed by atoms with van der Waals surface area (Å²) in [5.74, 6) is 0. The van der Waals surface area contributed by atoms with Crippen LogP contribution in [-0.4, -0.2) is 0 Å². The topological polar surface area (TPSA) is 0 Å². The van der Waals surface area contributed by atoms with Crippen LogP contribution in [0, 0.1) is 6.92 Å². The zero-order valence-electron chi connectivity index (χ0n) is 10.3. The molecule has 0 unspecified atom stereocenters. The van der Waals surface area contributed by atoms with E-state index in [1.54, 1.807) is 18.2 Å². The average Bonchev–Trinajstić information content (AvgIpc) is 2.33. The van der Waals surface area contributed by atoms with Crippen molar-refractivity contribution >= 4 is 35.0 Å². The van der Waals surface area contributed by atoms with Crippen LogP contribution in [0.5, 0.6) is 0 Å². The number of alkyl halides is 3. The van der Waals surface area contributed by atoms with Crippen LogP contribution < -0.4 is 0 Å². The van der Waals surface area contributed by atoms with Crippen LogP contribution in [0.3, 0.4) is 0 Å². The van der Waals surface area contributed by atoms with Crippen molar-refractivity contribution in [2.24, 2.45) is 0 Å². The van der Waals surface area contributed by atoms with Crippen LogP contribution >= 0.6 is 35.0 Å². The lowest BCUT2D eigenvalue weighted by molar-refractivity contribution is -0.137. The fourth-order valence-corrected chi connectivity index (χ4v) is 3.35. The standard InChI is InChI=1S/C14H9Cl2F3S/c1-8-5-11(15)13(12(16)6-8)20-10-4-2-3-9(7-10)14(17,18)19/h2-7H,1H3. The van der Waals surface area contributed by atoms with Gasteiger partial charge < -0.3 is 0 Å². The third kappa shape index (κ3) is 3.62. The summed E-state index contributed by atoms with van der Waals surface area (Å²) in [7, 11) is 0. The van der Waals surface area contributed by atoms with E-state index in [2.05, 4.69) is 0 Å². The van der Waals surface area contributed by atoms with Gasteiger partial charge in [-0.15, -0.1) is 0 Å². The van der Waals surface area contributed by atoms with Gasteiger partial charge in [-0.3, -0.25) is 0 Å². The minimum atomic E-state index is -4.36. The van der Waals surface area contributed by atoms with Crippen molar-refractivity contribution in [1.82, 2.24) is 0 Å². The van der Waals surface area contributed by atoms with Crippen molar-refractivity contribution in [1.29, 1.82) is 0 Å². The minimum absolute atomic E-state index is 0.428. The summed E-state index contributed by atoms with van der Waals surface area (Å²) < 4.78 is 38.0. The molecule has 0 aliphatic rings. The zero-order valence-corrected chi connectivity index (χ0v) is 12.6. The third-order valence-corrected chi connectivity index (χ3v) is 4.48. The summed E-state index contributed by atoms with van der Waals surface area (Å²) in [4.78, 5) is 0.991. The molecule has 0 aliphatic heterocycles. The Balaban J connectivity index is 2.36. The number of halogens is 5. The van der Waals surface area contributed by atoms with E-state index in [4.69, 9.17) is 23.2 Å². The molecular weight excluding hydrogens is 328 g/mol. The van der Waals surface area contributed by atoms with Crippen LogP contribution in [0.25, 0.3) is 0 Å². The Morgan fingerprint density at radius 2 is 1.60 bits per heavy atom. The Morgan fingerprint density at radius 3 is 2.15 bits per heavy atom. The fraction of sp³-hybridized carbons (Fsp3) is 0.143. The zero-order chi connectivity index (χ0) is 14.9. The molecule has 0 saturated carbocycles. The molecule has 0 aliphatic carbocycles. The van der Waals surface area contributed by atoms with Gasteiger partial charge in [0.1, 0.15) is 0 Å². The van der Waals surface area contributed by atoms with Gasteiger partial charge in [0.2, 0.25) is 0 Å². The molecule has 0 saturated heterocycles. The summed E-state index contributed by atoms with van der Waals surface area (Å²) in [5, 5.41) is 0.856. The predicted octanol–water partition coefficient (Wildman–Crippen LogP) is 6.47. The van der Waals surface area contributed by atoms with E-state index in [0.29, 0.717) is 19.8 Å². The molecule has 2 aromatic rings. The summed E-state index contributed by atoms with van der Waals surface area (Å²) >= 11 is 13.3. The summed E-state index contributed by atoms with van der Waals surface area (Å²) in [5.41, 5.74) is 0.204. The van der Waals surface area contributed by atoms with Gasteiger partial charge in [0.25, 0.3) is 0 Å². The first-order chi connectivity index (χ1) is 9.27. The highest BCUT2D eigenvalue weighted by molar-refractivity contribution is 7.99. The third-order valence-electron chi connectivity index (χ3n) is 2.52. The maximum Gasteiger partial charge on any atom is 0.416 e. The van der Waals surface area contributed by atoms with E-state index in [9.17, 15) is 13.2 Å². The Bertz CT molecular complexity index is 616. The molecule has 0 aromatic heterocycles. The predicted molar refractivity (Wildman–Crippen MR) is 76.8 cm³/mol. The molecule has 0 spiro atoms. The molecule has 0 nitrogen and oxygen atoms in total. The van der Waals surface area contributed by atoms with Gasteiger partial charge in [0, 0.05) is 9.79 Å². The highest BCUT2D eigenvalue weighted by Gasteiger charge is 2.30. The van der Waals surface area contributed by atoms with Gasteiger partial charge in [-0.25, -0.2) is 0 Å². The lowest BCUT2D eigenvalue weighted by atomic mass is 10.2. The van der Waals surface area contributed by atoms with Crippen molar-refractivity contribution in [3.05, 3.63) is 57.6 Å². The summed E-state index contributed by atoms with van der Waals surface area (Å²) in [6, 6.07) is 8.51. The lowest BCUT2D eigenvalue weighted by Gasteiger charge is -2.10. The fourth-order valence-electron chi connectivity index (χ4n) is 1.64. The van der Waals surface area contributed by atoms with Gasteiger partial charge >= 0.3 is 6.18 Å². The number of rotatable bonds is 2. The summed E-state index contributed by atoms with van der Waals surface area (Å²) in [6.45, 7) is 1.84. The smallest absolute Gasteiger partial charge is 0.166 e. The van der Waals surface area contributed by atoms with Gasteiger partial charge in [0.15, 0.2) is 0 Å². The van der Waals surface area contributed by atoms with Crippen LogP contribution in [0.4, 0.5) is 13.2 Å². The van der Waals surface area contributed by atoms with Crippen LogP contribution in [0.2, 0.25) is 10.0 Å². The van der Waals surface area contributed by atoms with E-state index in [0.717, 1.165) is 29.5 Å². The van der Waals surface area contributed by atoms with Gasteiger partial charge in [-0.1, -0.05) is 41.0 Å². The number of hydrogen-bond acceptors (Lipinski definition) is 1. The van der Waals surface area contributed by atoms with E-state index in [1.807, 2.05) is 6.92 Å². The Kier molecular flexibility index (Phi) is 4.57. The Morgan fingerprint density at radius 1 is 1.00 bits per heavy atom. The van der Waals surface area contributed by atoms with Crippen molar-refractivity contribution in [3.63, 3.8) is 0 Å². The molecule has 106 valence electrons. The molecule has 0 fully saturated rings. The molecule has 0 amide bonds. The maximum atomic E-state index is 12.7. The maximum absolute atomic E-state index is 12.7. The molecule has 2 aromatic carbocycles. The second kappa shape index (κ2) is 5.88. The van der Waals surface area contributed by atoms with E-state index in [-0.39, 0.29) is 0 Å². The second-order valence-electron chi connectivity index (χ2n) is 4.19. The molecule has 0 radical (unpaired) electrons. The lowest BCUT2D eigenvalue weighted by Crippen LogP contribution is -2.04. The Hall–Kier alpha value is -0.840. The molecule has 2 rings (SSSR count).